The van der Waals surface area contributed by atoms with E-state index in [1.807, 2.05) is 0 Å². The van der Waals surface area contributed by atoms with Crippen LogP contribution in [-0.2, 0) is 8.85 Å². The van der Waals surface area contributed by atoms with E-state index in [2.05, 4.69) is 39.3 Å². The van der Waals surface area contributed by atoms with Gasteiger partial charge in [0.05, 0.1) is 0 Å². The third kappa shape index (κ3) is 5.77. The van der Waals surface area contributed by atoms with Gasteiger partial charge in [0.25, 0.3) is 0 Å². The summed E-state index contributed by atoms with van der Waals surface area (Å²) < 4.78 is 13.2. The molecule has 2 nitrogen and oxygen atoms in total. The summed E-state index contributed by atoms with van der Waals surface area (Å²) in [6.07, 6.45) is 11.8. The van der Waals surface area contributed by atoms with E-state index in [4.69, 9.17) is 8.85 Å². The van der Waals surface area contributed by atoms with Crippen LogP contribution in [0.1, 0.15) is 51.4 Å². The van der Waals surface area contributed by atoms with Gasteiger partial charge < -0.3 is 8.85 Å². The molecule has 2 rings (SSSR count). The van der Waals surface area contributed by atoms with E-state index in [-0.39, 0.29) is 0 Å². The van der Waals surface area contributed by atoms with Crippen molar-refractivity contribution in [2.45, 2.75) is 103 Å². The molecule has 0 bridgehead atoms. The lowest BCUT2D eigenvalue weighted by molar-refractivity contribution is -0.0182. The summed E-state index contributed by atoms with van der Waals surface area (Å²) in [7, 11) is -2.90. The summed E-state index contributed by atoms with van der Waals surface area (Å²) in [4.78, 5) is 0. The smallest absolute Gasteiger partial charge is 0.184 e. The largest absolute Gasteiger partial charge is 0.414 e. The first-order valence-corrected chi connectivity index (χ1v) is 16.3. The van der Waals surface area contributed by atoms with E-state index >= 15 is 0 Å². The number of rotatable bonds is 5. The Kier molecular flexibility index (Phi) is 6.37. The Morgan fingerprint density at radius 2 is 0.864 bits per heavy atom. The molecule has 0 aromatic carbocycles. The Balaban J connectivity index is 2.09. The third-order valence-corrected chi connectivity index (χ3v) is 7.09. The highest BCUT2D eigenvalue weighted by molar-refractivity contribution is 6.70. The second-order valence-electron chi connectivity index (χ2n) is 9.43. The predicted molar refractivity (Wildman–Crippen MR) is 100 cm³/mol. The molecule has 0 radical (unpaired) electrons. The van der Waals surface area contributed by atoms with Gasteiger partial charge in [-0.3, -0.25) is 0 Å². The molecule has 22 heavy (non-hydrogen) atoms. The fraction of sp³-hybridized carbons (Fsp3) is 1.00. The fourth-order valence-electron chi connectivity index (χ4n) is 4.43. The molecule has 0 aliphatic heterocycles. The lowest BCUT2D eigenvalue weighted by atomic mass is 9.70. The summed E-state index contributed by atoms with van der Waals surface area (Å²) in [5, 5.41) is 0. The zero-order valence-electron chi connectivity index (χ0n) is 15.8. The Morgan fingerprint density at radius 3 is 1.18 bits per heavy atom. The number of hydrogen-bond donors (Lipinski definition) is 0. The maximum Gasteiger partial charge on any atom is 0.184 e. The Labute approximate surface area is 140 Å². The van der Waals surface area contributed by atoms with Crippen LogP contribution in [0, 0.1) is 11.8 Å². The lowest BCUT2D eigenvalue weighted by Crippen LogP contribution is -2.47. The van der Waals surface area contributed by atoms with Crippen molar-refractivity contribution in [2.24, 2.45) is 11.8 Å². The zero-order chi connectivity index (χ0) is 16.4. The average Bonchev–Trinajstić information content (AvgIpc) is 2.36. The van der Waals surface area contributed by atoms with Crippen LogP contribution < -0.4 is 0 Å². The minimum absolute atomic E-state index is 0.510. The quantitative estimate of drug-likeness (QED) is 0.587. The summed E-state index contributed by atoms with van der Waals surface area (Å²) in [6, 6.07) is 0. The summed E-state index contributed by atoms with van der Waals surface area (Å²) >= 11 is 0. The van der Waals surface area contributed by atoms with E-state index < -0.39 is 16.6 Å². The van der Waals surface area contributed by atoms with Gasteiger partial charge in [-0.05, 0) is 76.8 Å². The minimum Gasteiger partial charge on any atom is -0.414 e. The van der Waals surface area contributed by atoms with Crippen LogP contribution in [0.4, 0.5) is 0 Å². The molecule has 0 aromatic rings. The SMILES string of the molecule is C[Si](C)(C)OC1CCCCC1C1CCCCC1O[Si](C)(C)C. The van der Waals surface area contributed by atoms with Crippen LogP contribution in [0.25, 0.3) is 0 Å². The van der Waals surface area contributed by atoms with E-state index in [1.54, 1.807) is 0 Å². The van der Waals surface area contributed by atoms with Crippen molar-refractivity contribution in [2.75, 3.05) is 0 Å². The molecule has 0 heterocycles. The molecule has 2 aliphatic carbocycles. The molecule has 2 fully saturated rings. The van der Waals surface area contributed by atoms with Gasteiger partial charge in [0.1, 0.15) is 0 Å². The number of hydrogen-bond acceptors (Lipinski definition) is 2. The first-order valence-electron chi connectivity index (χ1n) is 9.51. The third-order valence-electron chi connectivity index (χ3n) is 5.07. The van der Waals surface area contributed by atoms with Gasteiger partial charge in [-0.1, -0.05) is 25.7 Å². The zero-order valence-corrected chi connectivity index (χ0v) is 17.8. The molecule has 130 valence electrons. The van der Waals surface area contributed by atoms with Crippen LogP contribution in [-0.4, -0.2) is 28.8 Å². The standard InChI is InChI=1S/C18H38O2Si2/c1-21(2,3)19-17-13-9-7-11-15(17)16-12-8-10-14-18(16)20-22(4,5)6/h15-18H,7-14H2,1-6H3. The van der Waals surface area contributed by atoms with Crippen LogP contribution >= 0.6 is 0 Å². The highest BCUT2D eigenvalue weighted by Crippen LogP contribution is 2.42. The molecule has 0 aromatic heterocycles. The van der Waals surface area contributed by atoms with Gasteiger partial charge in [0.15, 0.2) is 16.6 Å². The van der Waals surface area contributed by atoms with Gasteiger partial charge in [-0.2, -0.15) is 0 Å². The van der Waals surface area contributed by atoms with E-state index in [0.717, 1.165) is 11.8 Å². The highest BCUT2D eigenvalue weighted by atomic mass is 28.4. The molecule has 0 spiro atoms. The van der Waals surface area contributed by atoms with Crippen LogP contribution in [0.5, 0.6) is 0 Å². The molecule has 2 saturated carbocycles. The van der Waals surface area contributed by atoms with Crippen molar-refractivity contribution in [3.8, 4) is 0 Å². The van der Waals surface area contributed by atoms with Gasteiger partial charge in [-0.25, -0.2) is 0 Å². The molecule has 0 saturated heterocycles. The summed E-state index contributed by atoms with van der Waals surface area (Å²) in [5.41, 5.74) is 0. The molecule has 2 aliphatic rings. The van der Waals surface area contributed by atoms with Crippen LogP contribution in [0.3, 0.4) is 0 Å². The maximum absolute atomic E-state index is 6.62. The van der Waals surface area contributed by atoms with Crippen LogP contribution in [0.2, 0.25) is 39.3 Å². The van der Waals surface area contributed by atoms with Crippen molar-refractivity contribution < 1.29 is 8.85 Å². The molecule has 4 unspecified atom stereocenters. The van der Waals surface area contributed by atoms with Gasteiger partial charge >= 0.3 is 0 Å². The molecular formula is C18H38O2Si2. The first kappa shape index (κ1) is 18.7. The molecule has 0 amide bonds. The Hall–Kier alpha value is 0.354. The first-order chi connectivity index (χ1) is 10.2. The van der Waals surface area contributed by atoms with Crippen LogP contribution in [0.15, 0.2) is 0 Å². The fourth-order valence-corrected chi connectivity index (χ4v) is 6.83. The molecule has 4 atom stereocenters. The summed E-state index contributed by atoms with van der Waals surface area (Å²) in [5.74, 6) is 1.50. The second kappa shape index (κ2) is 7.50. The van der Waals surface area contributed by atoms with E-state index in [1.165, 1.54) is 51.4 Å². The Morgan fingerprint density at radius 1 is 0.545 bits per heavy atom. The summed E-state index contributed by atoms with van der Waals surface area (Å²) in [6.45, 7) is 14.1. The van der Waals surface area contributed by atoms with Crippen molar-refractivity contribution in [3.63, 3.8) is 0 Å². The van der Waals surface area contributed by atoms with Gasteiger partial charge in [-0.15, -0.1) is 0 Å². The second-order valence-corrected chi connectivity index (χ2v) is 18.4. The normalized spacial score (nSPS) is 34.6. The van der Waals surface area contributed by atoms with Crippen molar-refractivity contribution >= 4 is 16.6 Å². The van der Waals surface area contributed by atoms with E-state index in [0.29, 0.717) is 12.2 Å². The Bertz CT molecular complexity index is 312. The molecular weight excluding hydrogens is 304 g/mol. The molecule has 0 N–H and O–H groups in total. The minimum atomic E-state index is -1.45. The van der Waals surface area contributed by atoms with Gasteiger partial charge in [0.2, 0.25) is 0 Å². The predicted octanol–water partition coefficient (Wildman–Crippen LogP) is 5.81. The van der Waals surface area contributed by atoms with Crippen molar-refractivity contribution in [3.05, 3.63) is 0 Å². The maximum atomic E-state index is 6.62. The van der Waals surface area contributed by atoms with Gasteiger partial charge in [0, 0.05) is 12.2 Å². The van der Waals surface area contributed by atoms with Crippen molar-refractivity contribution in [1.29, 1.82) is 0 Å². The average molecular weight is 343 g/mol. The van der Waals surface area contributed by atoms with E-state index in [9.17, 15) is 0 Å². The molecule has 4 heteroatoms. The topological polar surface area (TPSA) is 18.5 Å². The highest BCUT2D eigenvalue weighted by Gasteiger charge is 2.41. The lowest BCUT2D eigenvalue weighted by Gasteiger charge is -2.45. The van der Waals surface area contributed by atoms with Crippen molar-refractivity contribution in [1.82, 2.24) is 0 Å². The monoisotopic (exact) mass is 342 g/mol.